The predicted octanol–water partition coefficient (Wildman–Crippen LogP) is 6.36. The van der Waals surface area contributed by atoms with Gasteiger partial charge in [0.1, 0.15) is 0 Å². The molecule has 3 unspecified atom stereocenters. The summed E-state index contributed by atoms with van der Waals surface area (Å²) in [5, 5.41) is 4.78. The topological polar surface area (TPSA) is 68.6 Å². The van der Waals surface area contributed by atoms with E-state index in [1.54, 1.807) is 0 Å². The minimum Gasteiger partial charge on any atom is -0.325 e. The highest BCUT2D eigenvalue weighted by Gasteiger charge is 2.50. The van der Waals surface area contributed by atoms with Gasteiger partial charge in [-0.3, -0.25) is 4.99 Å². The van der Waals surface area contributed by atoms with Gasteiger partial charge in [0.15, 0.2) is 12.0 Å². The van der Waals surface area contributed by atoms with Crippen LogP contribution in [0.2, 0.25) is 0 Å². The van der Waals surface area contributed by atoms with Gasteiger partial charge in [0.25, 0.3) is 0 Å². The summed E-state index contributed by atoms with van der Waals surface area (Å²) in [4.78, 5) is 10.3. The minimum absolute atomic E-state index is 0.0893. The largest absolute Gasteiger partial charge is 0.325 e. The van der Waals surface area contributed by atoms with Gasteiger partial charge < -0.3 is 5.73 Å². The van der Waals surface area contributed by atoms with E-state index in [2.05, 4.69) is 76.3 Å². The van der Waals surface area contributed by atoms with Gasteiger partial charge in [-0.2, -0.15) is 5.10 Å². The highest BCUT2D eigenvalue weighted by atomic mass is 15.4. The predicted molar refractivity (Wildman–Crippen MR) is 144 cm³/mol. The van der Waals surface area contributed by atoms with E-state index >= 15 is 0 Å². The van der Waals surface area contributed by atoms with Crippen LogP contribution in [0, 0.1) is 24.2 Å². The van der Waals surface area contributed by atoms with E-state index in [0.717, 1.165) is 42.2 Å². The second-order valence-corrected chi connectivity index (χ2v) is 11.7. The Kier molecular flexibility index (Phi) is 4.95. The second-order valence-electron chi connectivity index (χ2n) is 11.7. The van der Waals surface area contributed by atoms with Crippen LogP contribution in [0.25, 0.3) is 5.57 Å². The van der Waals surface area contributed by atoms with Crippen molar-refractivity contribution in [1.82, 2.24) is 9.78 Å². The molecular formula is C30H35N5. The number of aromatic nitrogens is 2. The second kappa shape index (κ2) is 7.72. The summed E-state index contributed by atoms with van der Waals surface area (Å²) in [6.45, 7) is 11.0. The van der Waals surface area contributed by atoms with Crippen LogP contribution >= 0.6 is 0 Å². The number of nitrogens with two attached hydrogens (primary N) is 1. The first kappa shape index (κ1) is 22.4. The fourth-order valence-corrected chi connectivity index (χ4v) is 7.00. The van der Waals surface area contributed by atoms with Gasteiger partial charge in [0.2, 0.25) is 0 Å². The van der Waals surface area contributed by atoms with Crippen LogP contribution in [0.15, 0.2) is 75.8 Å². The maximum absolute atomic E-state index is 6.83. The number of benzene rings is 1. The lowest BCUT2D eigenvalue weighted by molar-refractivity contribution is 0.0320. The van der Waals surface area contributed by atoms with Crippen LogP contribution in [0.3, 0.4) is 0 Å². The van der Waals surface area contributed by atoms with Gasteiger partial charge in [0.05, 0.1) is 17.3 Å². The third-order valence-electron chi connectivity index (χ3n) is 8.28. The van der Waals surface area contributed by atoms with Crippen molar-refractivity contribution in [3.63, 3.8) is 0 Å². The molecule has 0 spiro atoms. The van der Waals surface area contributed by atoms with Crippen molar-refractivity contribution < 1.29 is 0 Å². The van der Waals surface area contributed by atoms with Gasteiger partial charge in [-0.1, -0.05) is 68.0 Å². The van der Waals surface area contributed by atoms with E-state index in [1.807, 2.05) is 17.7 Å². The maximum atomic E-state index is 6.83. The average Bonchev–Trinajstić information content (AvgIpc) is 3.18. The van der Waals surface area contributed by atoms with Crippen LogP contribution < -0.4 is 5.73 Å². The molecule has 2 aliphatic heterocycles. The molecule has 0 amide bonds. The molecular weight excluding hydrogens is 430 g/mol. The van der Waals surface area contributed by atoms with Gasteiger partial charge >= 0.3 is 0 Å². The van der Waals surface area contributed by atoms with E-state index in [4.69, 9.17) is 20.8 Å². The Balaban J connectivity index is 1.42. The number of aliphatic imine (C=N–C) groups is 2. The highest BCUT2D eigenvalue weighted by Crippen LogP contribution is 2.52. The first-order chi connectivity index (χ1) is 16.7. The maximum Gasteiger partial charge on any atom is 0.156 e. The van der Waals surface area contributed by atoms with E-state index in [-0.39, 0.29) is 17.6 Å². The summed E-state index contributed by atoms with van der Waals surface area (Å²) in [5.41, 5.74) is 15.1. The van der Waals surface area contributed by atoms with Crippen molar-refractivity contribution in [2.24, 2.45) is 33.0 Å². The van der Waals surface area contributed by atoms with E-state index in [9.17, 15) is 0 Å². The zero-order valence-corrected chi connectivity index (χ0v) is 21.4. The number of allylic oxidation sites excluding steroid dienone is 4. The Morgan fingerprint density at radius 3 is 2.46 bits per heavy atom. The molecule has 0 radical (unpaired) electrons. The molecule has 1 aromatic heterocycles. The van der Waals surface area contributed by atoms with E-state index < -0.39 is 0 Å². The number of rotatable bonds is 3. The van der Waals surface area contributed by atoms with Crippen molar-refractivity contribution in [2.75, 3.05) is 0 Å². The Morgan fingerprint density at radius 2 is 1.80 bits per heavy atom. The molecule has 35 heavy (non-hydrogen) atoms. The molecule has 4 aliphatic rings. The number of aryl methyl sites for hydroxylation is 1. The van der Waals surface area contributed by atoms with Crippen LogP contribution in [-0.4, -0.2) is 26.7 Å². The average molecular weight is 466 g/mol. The normalized spacial score (nSPS) is 28.4. The molecule has 3 heterocycles. The summed E-state index contributed by atoms with van der Waals surface area (Å²) in [6, 6.07) is 12.7. The molecule has 5 heteroatoms. The molecule has 0 bridgehead atoms. The van der Waals surface area contributed by atoms with Crippen molar-refractivity contribution >= 4 is 22.8 Å². The van der Waals surface area contributed by atoms with Crippen LogP contribution in [0.4, 0.5) is 5.82 Å². The Morgan fingerprint density at radius 1 is 1.06 bits per heavy atom. The lowest BCUT2D eigenvalue weighted by Crippen LogP contribution is -2.60. The standard InChI is InChI=1S/C30H35N5/c1-18-15-24-32-20(3)25-19(2)26(21-9-7-6-8-10-21)27(33-28(25)35(24)34-18)22-11-13-23(14-12-22)30(31)16-29(4,5)17-30/h6-13,15,23,25,28H,14,16-17,31H2,1-5H3. The molecule has 6 rings (SSSR count). The third-order valence-corrected chi connectivity index (χ3v) is 8.28. The van der Waals surface area contributed by atoms with Crippen LogP contribution in [0.5, 0.6) is 0 Å². The smallest absolute Gasteiger partial charge is 0.156 e. The van der Waals surface area contributed by atoms with E-state index in [1.165, 1.54) is 22.3 Å². The van der Waals surface area contributed by atoms with Crippen molar-refractivity contribution in [1.29, 1.82) is 0 Å². The Hall–Kier alpha value is -3.05. The first-order valence-electron chi connectivity index (χ1n) is 12.8. The molecule has 2 N–H and O–H groups in total. The molecule has 180 valence electrons. The molecule has 0 saturated heterocycles. The third kappa shape index (κ3) is 3.59. The van der Waals surface area contributed by atoms with Gasteiger partial charge in [0, 0.05) is 22.9 Å². The lowest BCUT2D eigenvalue weighted by Gasteiger charge is -2.54. The van der Waals surface area contributed by atoms with Gasteiger partial charge in [-0.25, -0.2) is 9.67 Å². The number of nitrogens with zero attached hydrogens (tertiary/aromatic N) is 4. The fraction of sp³-hybridized carbons (Fsp3) is 0.433. The Labute approximate surface area is 208 Å². The molecule has 1 fully saturated rings. The van der Waals surface area contributed by atoms with Gasteiger partial charge in [-0.05, 0) is 62.5 Å². The lowest BCUT2D eigenvalue weighted by atomic mass is 9.54. The number of dihydropyridines is 1. The zero-order chi connectivity index (χ0) is 24.5. The molecule has 1 aromatic carbocycles. The van der Waals surface area contributed by atoms with Crippen molar-refractivity contribution in [3.8, 4) is 0 Å². The SMILES string of the molecule is CC1=Nc2cc(C)nn2C2N=C(C3=CCC(C4(N)CC(C)(C)C4)C=C3)C(c3ccccc3)=C(C)C12. The highest BCUT2D eigenvalue weighted by molar-refractivity contribution is 6.34. The summed E-state index contributed by atoms with van der Waals surface area (Å²) in [7, 11) is 0. The number of hydrogen-bond acceptors (Lipinski definition) is 4. The molecule has 2 aliphatic carbocycles. The van der Waals surface area contributed by atoms with Crippen molar-refractivity contribution in [2.45, 2.75) is 65.6 Å². The van der Waals surface area contributed by atoms with Crippen LogP contribution in [-0.2, 0) is 0 Å². The molecule has 2 aromatic rings. The summed E-state index contributed by atoms with van der Waals surface area (Å²) in [5.74, 6) is 1.38. The van der Waals surface area contributed by atoms with Crippen molar-refractivity contribution in [3.05, 3.63) is 77.0 Å². The number of hydrogen-bond donors (Lipinski definition) is 1. The molecule has 3 atom stereocenters. The summed E-state index contributed by atoms with van der Waals surface area (Å²) < 4.78 is 2.01. The van der Waals surface area contributed by atoms with Crippen LogP contribution in [0.1, 0.15) is 64.4 Å². The Bertz CT molecular complexity index is 1340. The quantitative estimate of drug-likeness (QED) is 0.573. The monoisotopic (exact) mass is 465 g/mol. The van der Waals surface area contributed by atoms with E-state index in [0.29, 0.717) is 11.3 Å². The first-order valence-corrected chi connectivity index (χ1v) is 12.8. The molecule has 5 nitrogen and oxygen atoms in total. The number of fused-ring (bicyclic) bond motifs is 3. The zero-order valence-electron chi connectivity index (χ0n) is 21.4. The van der Waals surface area contributed by atoms with Gasteiger partial charge in [-0.15, -0.1) is 0 Å². The summed E-state index contributed by atoms with van der Waals surface area (Å²) in [6.07, 6.45) is 9.97. The fourth-order valence-electron chi connectivity index (χ4n) is 7.00. The molecule has 1 saturated carbocycles. The minimum atomic E-state index is -0.112. The summed E-state index contributed by atoms with van der Waals surface area (Å²) >= 11 is 0.